The van der Waals surface area contributed by atoms with Crippen molar-refractivity contribution in [3.8, 4) is 0 Å². The van der Waals surface area contributed by atoms with Crippen molar-refractivity contribution in [2.75, 3.05) is 6.61 Å². The van der Waals surface area contributed by atoms with E-state index in [4.69, 9.17) is 9.47 Å². The molecule has 0 aromatic carbocycles. The Balaban J connectivity index is 1.31. The molecule has 14 atom stereocenters. The number of fused-ring (bicyclic) bond motifs is 7. The SMILES string of the molecule is C[C@H]1[C@H](C)CC[C@]2(C(=O)O)CC[C@]3(C)C(=CC[C@@H]4[C@@]5(C)CC[C@H](O[C@@H]6OC[C@H](O)[C@H](O)[C@H]6O)C(C)(C)C5CC[C@]43C)[C@H]12. The maximum absolute atomic E-state index is 13.0. The molecular weight excluding hydrogens is 532 g/mol. The molecule has 0 aromatic heterocycles. The van der Waals surface area contributed by atoms with Crippen molar-refractivity contribution < 1.29 is 34.7 Å². The summed E-state index contributed by atoms with van der Waals surface area (Å²) in [5, 5.41) is 41.4. The predicted molar refractivity (Wildman–Crippen MR) is 159 cm³/mol. The average molecular weight is 589 g/mol. The fourth-order valence-corrected chi connectivity index (χ4v) is 12.1. The summed E-state index contributed by atoms with van der Waals surface area (Å²) in [5.41, 5.74) is 0.885. The lowest BCUT2D eigenvalue weighted by Crippen LogP contribution is -2.66. The molecule has 1 aliphatic heterocycles. The third-order valence-corrected chi connectivity index (χ3v) is 15.1. The Morgan fingerprint density at radius 3 is 2.31 bits per heavy atom. The van der Waals surface area contributed by atoms with Crippen molar-refractivity contribution in [1.29, 1.82) is 0 Å². The highest BCUT2D eigenvalue weighted by Gasteiger charge is 2.69. The quantitative estimate of drug-likeness (QED) is 0.252. The van der Waals surface area contributed by atoms with Crippen molar-refractivity contribution in [2.45, 2.75) is 137 Å². The van der Waals surface area contributed by atoms with E-state index < -0.39 is 36.0 Å². The van der Waals surface area contributed by atoms with E-state index in [2.05, 4.69) is 54.5 Å². The van der Waals surface area contributed by atoms with E-state index in [1.807, 2.05) is 0 Å². The maximum Gasteiger partial charge on any atom is 0.310 e. The molecule has 42 heavy (non-hydrogen) atoms. The van der Waals surface area contributed by atoms with Gasteiger partial charge in [0.2, 0.25) is 0 Å². The Kier molecular flexibility index (Phi) is 7.39. The number of carboxylic acid groups (broad SMARTS) is 1. The van der Waals surface area contributed by atoms with E-state index in [9.17, 15) is 25.2 Å². The zero-order valence-electron chi connectivity index (χ0n) is 26.9. The van der Waals surface area contributed by atoms with E-state index in [0.29, 0.717) is 23.7 Å². The fourth-order valence-electron chi connectivity index (χ4n) is 12.1. The molecule has 6 rings (SSSR count). The van der Waals surface area contributed by atoms with Crippen LogP contribution in [0, 0.1) is 56.7 Å². The topological polar surface area (TPSA) is 116 Å². The molecule has 7 heteroatoms. The van der Waals surface area contributed by atoms with Crippen LogP contribution >= 0.6 is 0 Å². The predicted octanol–water partition coefficient (Wildman–Crippen LogP) is 5.55. The van der Waals surface area contributed by atoms with Crippen LogP contribution < -0.4 is 0 Å². The van der Waals surface area contributed by atoms with Crippen molar-refractivity contribution in [3.05, 3.63) is 11.6 Å². The highest BCUT2D eigenvalue weighted by molar-refractivity contribution is 5.76. The van der Waals surface area contributed by atoms with Gasteiger partial charge in [0.05, 0.1) is 18.1 Å². The maximum atomic E-state index is 13.0. The van der Waals surface area contributed by atoms with Gasteiger partial charge < -0.3 is 29.9 Å². The first kappa shape index (κ1) is 31.0. The van der Waals surface area contributed by atoms with Gasteiger partial charge in [-0.05, 0) is 109 Å². The molecule has 0 aromatic rings. The summed E-state index contributed by atoms with van der Waals surface area (Å²) in [6.45, 7) is 16.8. The summed E-state index contributed by atoms with van der Waals surface area (Å²) in [6.07, 6.45) is 6.46. The van der Waals surface area contributed by atoms with Crippen LogP contribution in [0.15, 0.2) is 11.6 Å². The largest absolute Gasteiger partial charge is 0.481 e. The van der Waals surface area contributed by atoms with E-state index in [1.165, 1.54) is 5.57 Å². The molecule has 4 saturated carbocycles. The Bertz CT molecular complexity index is 1120. The second kappa shape index (κ2) is 10.0. The molecule has 0 radical (unpaired) electrons. The second-order valence-corrected chi connectivity index (χ2v) is 16.8. The normalized spacial score (nSPS) is 55.3. The molecule has 1 heterocycles. The molecule has 7 nitrogen and oxygen atoms in total. The number of allylic oxidation sites excluding steroid dienone is 2. The number of hydrogen-bond donors (Lipinski definition) is 4. The third kappa shape index (κ3) is 3.98. The van der Waals surface area contributed by atoms with Gasteiger partial charge in [-0.15, -0.1) is 0 Å². The van der Waals surface area contributed by atoms with Crippen LogP contribution in [0.3, 0.4) is 0 Å². The molecule has 1 saturated heterocycles. The Labute approximate surface area is 252 Å². The van der Waals surface area contributed by atoms with Gasteiger partial charge in [0.1, 0.15) is 18.3 Å². The zero-order valence-corrected chi connectivity index (χ0v) is 26.9. The van der Waals surface area contributed by atoms with E-state index >= 15 is 0 Å². The number of carboxylic acids is 1. The van der Waals surface area contributed by atoms with Crippen LogP contribution in [0.1, 0.15) is 106 Å². The Morgan fingerprint density at radius 1 is 0.905 bits per heavy atom. The standard InChI is InChI=1S/C35H56O7/c1-19-10-15-35(30(39)40)17-16-33(6)21(26(35)20(19)2)8-9-24-32(5)13-12-25(31(3,4)23(32)11-14-34(24,33)7)42-29-28(38)27(37)22(36)18-41-29/h8,19-20,22-29,36-38H,9-18H2,1-7H3,(H,39,40)/t19-,20+,22+,23?,24-,25+,26+,27+,28-,29+,32+,33-,34-,35+/m1/s1. The minimum absolute atomic E-state index is 0.00660. The summed E-state index contributed by atoms with van der Waals surface area (Å²) in [6, 6.07) is 0. The average Bonchev–Trinajstić information content (AvgIpc) is 2.92. The number of rotatable bonds is 3. The van der Waals surface area contributed by atoms with Crippen molar-refractivity contribution in [2.24, 2.45) is 56.7 Å². The Hall–Kier alpha value is -0.990. The highest BCUT2D eigenvalue weighted by atomic mass is 16.7. The third-order valence-electron chi connectivity index (χ3n) is 15.1. The monoisotopic (exact) mass is 588 g/mol. The van der Waals surface area contributed by atoms with Gasteiger partial charge in [0, 0.05) is 0 Å². The van der Waals surface area contributed by atoms with Gasteiger partial charge in [-0.2, -0.15) is 0 Å². The molecule has 0 bridgehead atoms. The molecule has 238 valence electrons. The van der Waals surface area contributed by atoms with Crippen LogP contribution in [0.25, 0.3) is 0 Å². The molecule has 5 aliphatic carbocycles. The van der Waals surface area contributed by atoms with Gasteiger partial charge in [0.25, 0.3) is 0 Å². The van der Waals surface area contributed by atoms with E-state index in [0.717, 1.165) is 57.8 Å². The van der Waals surface area contributed by atoms with E-state index in [1.54, 1.807) is 0 Å². The number of aliphatic hydroxyl groups excluding tert-OH is 3. The van der Waals surface area contributed by atoms with Crippen LogP contribution in [-0.2, 0) is 14.3 Å². The van der Waals surface area contributed by atoms with Crippen molar-refractivity contribution in [1.82, 2.24) is 0 Å². The molecule has 0 amide bonds. The molecule has 5 fully saturated rings. The smallest absolute Gasteiger partial charge is 0.310 e. The molecule has 4 N–H and O–H groups in total. The van der Waals surface area contributed by atoms with Crippen LogP contribution in [0.5, 0.6) is 0 Å². The van der Waals surface area contributed by atoms with Crippen LogP contribution in [0.4, 0.5) is 0 Å². The lowest BCUT2D eigenvalue weighted by atomic mass is 9.33. The summed E-state index contributed by atoms with van der Waals surface area (Å²) in [7, 11) is 0. The van der Waals surface area contributed by atoms with Gasteiger partial charge in [-0.3, -0.25) is 4.79 Å². The lowest BCUT2D eigenvalue weighted by Gasteiger charge is -2.71. The zero-order chi connectivity index (χ0) is 30.6. The number of aliphatic hydroxyl groups is 3. The number of aliphatic carboxylic acids is 1. The first-order valence-electron chi connectivity index (χ1n) is 16.8. The lowest BCUT2D eigenvalue weighted by molar-refractivity contribution is -0.308. The summed E-state index contributed by atoms with van der Waals surface area (Å²) < 4.78 is 12.1. The minimum atomic E-state index is -1.27. The van der Waals surface area contributed by atoms with Gasteiger partial charge in [-0.25, -0.2) is 0 Å². The van der Waals surface area contributed by atoms with Gasteiger partial charge >= 0.3 is 5.97 Å². The first-order chi connectivity index (χ1) is 19.5. The van der Waals surface area contributed by atoms with Crippen molar-refractivity contribution >= 4 is 5.97 Å². The number of carbonyl (C=O) groups is 1. The van der Waals surface area contributed by atoms with Crippen LogP contribution in [0.2, 0.25) is 0 Å². The number of hydrogen-bond acceptors (Lipinski definition) is 6. The second-order valence-electron chi connectivity index (χ2n) is 16.8. The van der Waals surface area contributed by atoms with Crippen molar-refractivity contribution in [3.63, 3.8) is 0 Å². The summed E-state index contributed by atoms with van der Waals surface area (Å²) in [5.74, 6) is 1.38. The minimum Gasteiger partial charge on any atom is -0.481 e. The molecule has 1 unspecified atom stereocenters. The fraction of sp³-hybridized carbons (Fsp3) is 0.914. The highest BCUT2D eigenvalue weighted by Crippen LogP contribution is 2.76. The van der Waals surface area contributed by atoms with E-state index in [-0.39, 0.29) is 40.3 Å². The summed E-state index contributed by atoms with van der Waals surface area (Å²) in [4.78, 5) is 13.0. The Morgan fingerprint density at radius 2 is 1.62 bits per heavy atom. The molecule has 0 spiro atoms. The first-order valence-corrected chi connectivity index (χ1v) is 16.8. The summed E-state index contributed by atoms with van der Waals surface area (Å²) >= 11 is 0. The molecule has 6 aliphatic rings. The van der Waals surface area contributed by atoms with Gasteiger partial charge in [0.15, 0.2) is 6.29 Å². The molecular formula is C35H56O7. The van der Waals surface area contributed by atoms with Crippen LogP contribution in [-0.4, -0.2) is 63.7 Å². The number of ether oxygens (including phenoxy) is 2. The van der Waals surface area contributed by atoms with Gasteiger partial charge in [-0.1, -0.05) is 60.1 Å².